The molecule has 2 aromatic rings. The van der Waals surface area contributed by atoms with Gasteiger partial charge in [-0.15, -0.1) is 0 Å². The van der Waals surface area contributed by atoms with Crippen LogP contribution in [0.5, 0.6) is 11.5 Å². The Morgan fingerprint density at radius 3 is 2.23 bits per heavy atom. The molecule has 0 unspecified atom stereocenters. The van der Waals surface area contributed by atoms with E-state index in [-0.39, 0.29) is 24.5 Å². The molecule has 1 atom stereocenters. The van der Waals surface area contributed by atoms with Crippen molar-refractivity contribution in [2.75, 3.05) is 13.7 Å². The molecule has 0 aliphatic carbocycles. The maximum Gasteiger partial charge on any atom is 0.261 e. The van der Waals surface area contributed by atoms with Gasteiger partial charge in [-0.1, -0.05) is 48.9 Å². The Labute approximate surface area is 179 Å². The third kappa shape index (κ3) is 6.51. The van der Waals surface area contributed by atoms with Crippen LogP contribution in [0.25, 0.3) is 0 Å². The van der Waals surface area contributed by atoms with Crippen LogP contribution in [-0.2, 0) is 16.1 Å². The van der Waals surface area contributed by atoms with Crippen LogP contribution in [0.3, 0.4) is 0 Å². The molecule has 6 heteroatoms. The number of para-hydroxylation sites is 2. The van der Waals surface area contributed by atoms with Crippen LogP contribution in [0.2, 0.25) is 0 Å². The number of methoxy groups -OCH3 is 1. The molecule has 0 aromatic heterocycles. The van der Waals surface area contributed by atoms with E-state index >= 15 is 0 Å². The third-order valence-corrected chi connectivity index (χ3v) is 4.71. The molecule has 2 amide bonds. The molecule has 2 aromatic carbocycles. The van der Waals surface area contributed by atoms with Gasteiger partial charge in [0.05, 0.1) is 7.11 Å². The van der Waals surface area contributed by atoms with Gasteiger partial charge in [-0.2, -0.15) is 0 Å². The van der Waals surface area contributed by atoms with Gasteiger partial charge in [-0.3, -0.25) is 9.59 Å². The highest BCUT2D eigenvalue weighted by molar-refractivity contribution is 5.88. The fourth-order valence-corrected chi connectivity index (χ4v) is 3.15. The minimum absolute atomic E-state index is 0.00675. The van der Waals surface area contributed by atoms with E-state index in [1.807, 2.05) is 64.1 Å². The summed E-state index contributed by atoms with van der Waals surface area (Å²) in [5, 5.41) is 2.92. The van der Waals surface area contributed by atoms with Crippen LogP contribution in [-0.4, -0.2) is 42.5 Å². The predicted molar refractivity (Wildman–Crippen MR) is 118 cm³/mol. The summed E-state index contributed by atoms with van der Waals surface area (Å²) < 4.78 is 11.0. The number of nitrogens with zero attached hydrogens (tertiary/aromatic N) is 1. The number of aryl methyl sites for hydroxylation is 1. The Morgan fingerprint density at radius 1 is 1.03 bits per heavy atom. The van der Waals surface area contributed by atoms with Crippen molar-refractivity contribution in [3.05, 3.63) is 59.7 Å². The van der Waals surface area contributed by atoms with Gasteiger partial charge in [0, 0.05) is 12.6 Å². The van der Waals surface area contributed by atoms with Crippen molar-refractivity contribution in [2.45, 2.75) is 52.7 Å². The molecule has 0 aliphatic heterocycles. The van der Waals surface area contributed by atoms with Gasteiger partial charge >= 0.3 is 0 Å². The van der Waals surface area contributed by atoms with Gasteiger partial charge in [0.1, 0.15) is 6.04 Å². The minimum atomic E-state index is -0.581. The number of ether oxygens (including phenoxy) is 2. The zero-order valence-corrected chi connectivity index (χ0v) is 18.5. The quantitative estimate of drug-likeness (QED) is 0.646. The number of hydrogen-bond donors (Lipinski definition) is 1. The van der Waals surface area contributed by atoms with Crippen LogP contribution in [0, 0.1) is 6.92 Å². The van der Waals surface area contributed by atoms with Crippen molar-refractivity contribution in [3.8, 4) is 11.5 Å². The van der Waals surface area contributed by atoms with E-state index in [1.165, 1.54) is 0 Å². The van der Waals surface area contributed by atoms with E-state index in [1.54, 1.807) is 24.1 Å². The lowest BCUT2D eigenvalue weighted by Crippen LogP contribution is -2.51. The third-order valence-electron chi connectivity index (χ3n) is 4.71. The lowest BCUT2D eigenvalue weighted by Gasteiger charge is -2.31. The van der Waals surface area contributed by atoms with E-state index in [0.717, 1.165) is 11.1 Å². The van der Waals surface area contributed by atoms with Crippen LogP contribution >= 0.6 is 0 Å². The first-order valence-electron chi connectivity index (χ1n) is 10.3. The molecule has 0 saturated heterocycles. The highest BCUT2D eigenvalue weighted by Gasteiger charge is 2.29. The predicted octanol–water partition coefficient (Wildman–Crippen LogP) is 3.71. The average molecular weight is 413 g/mol. The van der Waals surface area contributed by atoms with Crippen LogP contribution < -0.4 is 14.8 Å². The molecule has 0 saturated carbocycles. The summed E-state index contributed by atoms with van der Waals surface area (Å²) >= 11 is 0. The largest absolute Gasteiger partial charge is 0.493 e. The fraction of sp³-hybridized carbons (Fsp3) is 0.417. The average Bonchev–Trinajstić information content (AvgIpc) is 2.73. The van der Waals surface area contributed by atoms with E-state index in [9.17, 15) is 9.59 Å². The van der Waals surface area contributed by atoms with Gasteiger partial charge in [-0.25, -0.2) is 0 Å². The summed E-state index contributed by atoms with van der Waals surface area (Å²) in [6, 6.07) is 14.5. The second-order valence-electron chi connectivity index (χ2n) is 7.53. The maximum atomic E-state index is 13.2. The van der Waals surface area contributed by atoms with Crippen molar-refractivity contribution in [1.82, 2.24) is 10.2 Å². The van der Waals surface area contributed by atoms with Gasteiger partial charge < -0.3 is 19.7 Å². The summed E-state index contributed by atoms with van der Waals surface area (Å²) in [4.78, 5) is 27.5. The molecular formula is C24H32N2O4. The number of nitrogens with one attached hydrogen (secondary N) is 1. The second-order valence-corrected chi connectivity index (χ2v) is 7.53. The van der Waals surface area contributed by atoms with Gasteiger partial charge in [0.2, 0.25) is 5.91 Å². The second kappa shape index (κ2) is 11.2. The zero-order valence-electron chi connectivity index (χ0n) is 18.5. The van der Waals surface area contributed by atoms with E-state index in [2.05, 4.69) is 5.32 Å². The molecule has 30 heavy (non-hydrogen) atoms. The monoisotopic (exact) mass is 412 g/mol. The molecule has 162 valence electrons. The lowest BCUT2D eigenvalue weighted by molar-refractivity contribution is -0.143. The Balaban J connectivity index is 2.22. The van der Waals surface area contributed by atoms with Crippen molar-refractivity contribution in [1.29, 1.82) is 0 Å². The van der Waals surface area contributed by atoms with Crippen molar-refractivity contribution < 1.29 is 19.1 Å². The Morgan fingerprint density at radius 2 is 1.67 bits per heavy atom. The van der Waals surface area contributed by atoms with Crippen molar-refractivity contribution in [2.24, 2.45) is 0 Å². The molecule has 0 fully saturated rings. The Kier molecular flexibility index (Phi) is 8.71. The number of carbonyl (C=O) groups excluding carboxylic acids is 2. The summed E-state index contributed by atoms with van der Waals surface area (Å²) in [6.07, 6.45) is 0.505. The molecule has 0 radical (unpaired) electrons. The number of benzene rings is 2. The zero-order chi connectivity index (χ0) is 22.1. The maximum absolute atomic E-state index is 13.2. The normalized spacial score (nSPS) is 11.7. The van der Waals surface area contributed by atoms with E-state index < -0.39 is 6.04 Å². The van der Waals surface area contributed by atoms with Crippen LogP contribution in [0.4, 0.5) is 0 Å². The first-order valence-corrected chi connectivity index (χ1v) is 10.3. The van der Waals surface area contributed by atoms with Crippen LogP contribution in [0.15, 0.2) is 48.5 Å². The number of amides is 2. The summed E-state index contributed by atoms with van der Waals surface area (Å²) in [6.45, 7) is 7.87. The number of hydrogen-bond acceptors (Lipinski definition) is 4. The summed E-state index contributed by atoms with van der Waals surface area (Å²) in [5.74, 6) is 0.626. The minimum Gasteiger partial charge on any atom is -0.493 e. The number of rotatable bonds is 10. The van der Waals surface area contributed by atoms with Crippen molar-refractivity contribution in [3.63, 3.8) is 0 Å². The standard InChI is InChI=1S/C24H32N2O4/c1-6-20(24(28)25-17(2)3)26(15-19-13-11-18(4)12-14-19)23(27)16-30-22-10-8-7-9-21(22)29-5/h7-14,17,20H,6,15-16H2,1-5H3,(H,25,28)/t20-/m0/s1. The van der Waals surface area contributed by atoms with Crippen molar-refractivity contribution >= 4 is 11.8 Å². The lowest BCUT2D eigenvalue weighted by atomic mass is 10.1. The smallest absolute Gasteiger partial charge is 0.261 e. The van der Waals surface area contributed by atoms with Crippen LogP contribution in [0.1, 0.15) is 38.3 Å². The SMILES string of the molecule is CC[C@@H](C(=O)NC(C)C)N(Cc1ccc(C)cc1)C(=O)COc1ccccc1OC. The number of carbonyl (C=O) groups is 2. The highest BCUT2D eigenvalue weighted by Crippen LogP contribution is 2.26. The summed E-state index contributed by atoms with van der Waals surface area (Å²) in [5.41, 5.74) is 2.10. The molecular weight excluding hydrogens is 380 g/mol. The molecule has 1 N–H and O–H groups in total. The topological polar surface area (TPSA) is 67.9 Å². The summed E-state index contributed by atoms with van der Waals surface area (Å²) in [7, 11) is 1.55. The molecule has 0 heterocycles. The van der Waals surface area contributed by atoms with Gasteiger partial charge in [0.15, 0.2) is 18.1 Å². The van der Waals surface area contributed by atoms with Gasteiger partial charge in [0.25, 0.3) is 5.91 Å². The molecule has 6 nitrogen and oxygen atoms in total. The van der Waals surface area contributed by atoms with Gasteiger partial charge in [-0.05, 0) is 44.9 Å². The Hall–Kier alpha value is -3.02. The molecule has 0 spiro atoms. The molecule has 0 aliphatic rings. The Bertz CT molecular complexity index is 833. The van der Waals surface area contributed by atoms with E-state index in [0.29, 0.717) is 24.5 Å². The fourth-order valence-electron chi connectivity index (χ4n) is 3.15. The van der Waals surface area contributed by atoms with E-state index in [4.69, 9.17) is 9.47 Å². The molecule has 0 bridgehead atoms. The highest BCUT2D eigenvalue weighted by atomic mass is 16.5. The first-order chi connectivity index (χ1) is 14.3. The molecule has 2 rings (SSSR count). The first kappa shape index (κ1) is 23.3.